The zero-order valence-electron chi connectivity index (χ0n) is 17.1. The molecule has 1 aliphatic heterocycles. The molecule has 1 heterocycles. The molecule has 1 atom stereocenters. The zero-order chi connectivity index (χ0) is 20.6. The van der Waals surface area contributed by atoms with Crippen molar-refractivity contribution in [1.29, 1.82) is 0 Å². The highest BCUT2D eigenvalue weighted by Crippen LogP contribution is 2.27. The van der Waals surface area contributed by atoms with Crippen LogP contribution in [-0.4, -0.2) is 51.1 Å². The molecule has 1 N–H and O–H groups in total. The lowest BCUT2D eigenvalue weighted by Gasteiger charge is -2.35. The Kier molecular flexibility index (Phi) is 8.09. The minimum absolute atomic E-state index is 0.0699. The second kappa shape index (κ2) is 10.8. The van der Waals surface area contributed by atoms with Crippen LogP contribution in [0.25, 0.3) is 0 Å². The lowest BCUT2D eigenvalue weighted by Crippen LogP contribution is -2.40. The van der Waals surface area contributed by atoms with E-state index in [1.165, 1.54) is 24.8 Å². The number of nitrogens with one attached hydrogen (secondary N) is 1. The van der Waals surface area contributed by atoms with Gasteiger partial charge < -0.3 is 14.8 Å². The molecular weight excluding hydrogens is 432 g/mol. The van der Waals surface area contributed by atoms with Crippen LogP contribution in [0.2, 0.25) is 0 Å². The highest BCUT2D eigenvalue weighted by molar-refractivity contribution is 9.10. The van der Waals surface area contributed by atoms with Crippen LogP contribution in [0.15, 0.2) is 46.9 Å². The van der Waals surface area contributed by atoms with Crippen molar-refractivity contribution >= 4 is 21.7 Å². The molecule has 6 heteroatoms. The van der Waals surface area contributed by atoms with Gasteiger partial charge in [0.2, 0.25) is 0 Å². The number of piperidine rings is 1. The van der Waals surface area contributed by atoms with Crippen molar-refractivity contribution in [1.82, 2.24) is 10.2 Å². The van der Waals surface area contributed by atoms with E-state index in [2.05, 4.69) is 38.3 Å². The van der Waals surface area contributed by atoms with Gasteiger partial charge in [0.15, 0.2) is 5.78 Å². The number of hydrogen-bond donors (Lipinski definition) is 1. The molecule has 0 bridgehead atoms. The Morgan fingerprint density at radius 3 is 2.41 bits per heavy atom. The van der Waals surface area contributed by atoms with E-state index in [1.807, 2.05) is 24.3 Å². The third kappa shape index (κ3) is 5.81. The van der Waals surface area contributed by atoms with Crippen LogP contribution in [0.1, 0.15) is 41.2 Å². The molecular formula is C23H29BrN2O3. The maximum Gasteiger partial charge on any atom is 0.176 e. The number of benzene rings is 2. The molecule has 0 aromatic heterocycles. The number of methoxy groups -OCH3 is 2. The van der Waals surface area contributed by atoms with Gasteiger partial charge in [-0.05, 0) is 77.8 Å². The highest BCUT2D eigenvalue weighted by atomic mass is 79.9. The Balaban J connectivity index is 1.64. The minimum Gasteiger partial charge on any atom is -0.497 e. The smallest absolute Gasteiger partial charge is 0.176 e. The van der Waals surface area contributed by atoms with Crippen molar-refractivity contribution < 1.29 is 14.3 Å². The maximum absolute atomic E-state index is 12.6. The molecule has 0 amide bonds. The Labute approximate surface area is 181 Å². The van der Waals surface area contributed by atoms with E-state index < -0.39 is 0 Å². The van der Waals surface area contributed by atoms with Gasteiger partial charge in [0.05, 0.1) is 25.2 Å². The van der Waals surface area contributed by atoms with E-state index in [0.29, 0.717) is 12.1 Å². The average molecular weight is 461 g/mol. The Hall–Kier alpha value is -1.89. The van der Waals surface area contributed by atoms with Gasteiger partial charge in [0.1, 0.15) is 11.5 Å². The molecule has 2 aromatic rings. The Morgan fingerprint density at radius 1 is 1.07 bits per heavy atom. The first-order chi connectivity index (χ1) is 14.1. The predicted octanol–water partition coefficient (Wildman–Crippen LogP) is 4.47. The Bertz CT molecular complexity index is 804. The average Bonchev–Trinajstić information content (AvgIpc) is 2.77. The topological polar surface area (TPSA) is 50.8 Å². The van der Waals surface area contributed by atoms with E-state index >= 15 is 0 Å². The molecule has 1 fully saturated rings. The summed E-state index contributed by atoms with van der Waals surface area (Å²) in [5.74, 6) is 1.65. The summed E-state index contributed by atoms with van der Waals surface area (Å²) >= 11 is 3.45. The summed E-state index contributed by atoms with van der Waals surface area (Å²) in [4.78, 5) is 15.1. The number of nitrogens with zero attached hydrogens (tertiary/aromatic N) is 1. The lowest BCUT2D eigenvalue weighted by molar-refractivity contribution is 0.0983. The fraction of sp³-hybridized carbons (Fsp3) is 0.435. The summed E-state index contributed by atoms with van der Waals surface area (Å²) in [5, 5.41) is 3.39. The first-order valence-electron chi connectivity index (χ1n) is 10.1. The number of rotatable bonds is 9. The Morgan fingerprint density at radius 2 is 1.79 bits per heavy atom. The molecule has 5 nitrogen and oxygen atoms in total. The molecule has 156 valence electrons. The number of ether oxygens (including phenoxy) is 2. The molecule has 3 rings (SSSR count). The second-order valence-corrected chi connectivity index (χ2v) is 8.14. The van der Waals surface area contributed by atoms with Crippen molar-refractivity contribution in [3.63, 3.8) is 0 Å². The lowest BCUT2D eigenvalue weighted by atomic mass is 10.0. The number of ketones is 1. The van der Waals surface area contributed by atoms with E-state index in [1.54, 1.807) is 20.3 Å². The molecule has 1 aliphatic rings. The number of likely N-dealkylation sites (tertiary alicyclic amines) is 1. The van der Waals surface area contributed by atoms with Crippen molar-refractivity contribution in [3.8, 4) is 11.5 Å². The fourth-order valence-electron chi connectivity index (χ4n) is 3.78. The number of halogens is 1. The largest absolute Gasteiger partial charge is 0.497 e. The van der Waals surface area contributed by atoms with Crippen molar-refractivity contribution in [2.75, 3.05) is 40.4 Å². The van der Waals surface area contributed by atoms with Gasteiger partial charge in [-0.15, -0.1) is 0 Å². The molecule has 1 saturated heterocycles. The van der Waals surface area contributed by atoms with E-state index in [-0.39, 0.29) is 11.8 Å². The van der Waals surface area contributed by atoms with Gasteiger partial charge in [0.25, 0.3) is 0 Å². The number of carbonyl (C=O) groups excluding carboxylic acids is 1. The fourth-order valence-corrected chi connectivity index (χ4v) is 4.32. The van der Waals surface area contributed by atoms with Gasteiger partial charge in [-0.25, -0.2) is 0 Å². The van der Waals surface area contributed by atoms with Crippen molar-refractivity contribution in [2.45, 2.75) is 25.3 Å². The van der Waals surface area contributed by atoms with E-state index in [9.17, 15) is 4.79 Å². The molecule has 29 heavy (non-hydrogen) atoms. The van der Waals surface area contributed by atoms with Crippen LogP contribution in [0, 0.1) is 0 Å². The monoisotopic (exact) mass is 460 g/mol. The summed E-state index contributed by atoms with van der Waals surface area (Å²) in [6.45, 7) is 3.23. The highest BCUT2D eigenvalue weighted by Gasteiger charge is 2.22. The van der Waals surface area contributed by atoms with Crippen molar-refractivity contribution in [3.05, 3.63) is 58.1 Å². The standard InChI is InChI=1S/C23H29BrN2O3/c1-28-19-9-6-17(7-10-19)21(26-12-4-3-5-13-26)15-25-16-22(27)18-8-11-23(29-2)20(24)14-18/h6-11,14,21,25H,3-5,12-13,15-16H2,1-2H3. The van der Waals surface area contributed by atoms with E-state index in [0.717, 1.165) is 35.6 Å². The minimum atomic E-state index is 0.0699. The van der Waals surface area contributed by atoms with Gasteiger partial charge in [0, 0.05) is 18.2 Å². The first-order valence-corrected chi connectivity index (χ1v) is 10.9. The van der Waals surface area contributed by atoms with Crippen LogP contribution < -0.4 is 14.8 Å². The normalized spacial score (nSPS) is 15.7. The quantitative estimate of drug-likeness (QED) is 0.559. The van der Waals surface area contributed by atoms with Gasteiger partial charge >= 0.3 is 0 Å². The van der Waals surface area contributed by atoms with E-state index in [4.69, 9.17) is 9.47 Å². The third-order valence-corrected chi connectivity index (χ3v) is 6.05. The number of Topliss-reactive ketones (excluding diaryl/α,β-unsaturated/α-hetero) is 1. The van der Waals surface area contributed by atoms with Gasteiger partial charge in [-0.2, -0.15) is 0 Å². The predicted molar refractivity (Wildman–Crippen MR) is 119 cm³/mol. The summed E-state index contributed by atoms with van der Waals surface area (Å²) in [6.07, 6.45) is 3.75. The molecule has 1 unspecified atom stereocenters. The SMILES string of the molecule is COc1ccc(C(CNCC(=O)c2ccc(OC)c(Br)c2)N2CCCCC2)cc1. The number of hydrogen-bond acceptors (Lipinski definition) is 5. The summed E-state index contributed by atoms with van der Waals surface area (Å²) in [6, 6.07) is 13.9. The molecule has 0 saturated carbocycles. The summed E-state index contributed by atoms with van der Waals surface area (Å²) in [5.41, 5.74) is 1.92. The van der Waals surface area contributed by atoms with Crippen LogP contribution >= 0.6 is 15.9 Å². The molecule has 0 spiro atoms. The molecule has 0 radical (unpaired) electrons. The van der Waals surface area contributed by atoms with Crippen molar-refractivity contribution in [2.24, 2.45) is 0 Å². The second-order valence-electron chi connectivity index (χ2n) is 7.29. The van der Waals surface area contributed by atoms with Crippen LogP contribution in [0.4, 0.5) is 0 Å². The summed E-state index contributed by atoms with van der Waals surface area (Å²) < 4.78 is 11.3. The zero-order valence-corrected chi connectivity index (χ0v) is 18.7. The van der Waals surface area contributed by atoms with Crippen LogP contribution in [-0.2, 0) is 0 Å². The molecule has 2 aromatic carbocycles. The van der Waals surface area contributed by atoms with Gasteiger partial charge in [-0.3, -0.25) is 9.69 Å². The first kappa shape index (κ1) is 21.8. The number of carbonyl (C=O) groups is 1. The van der Waals surface area contributed by atoms with Crippen LogP contribution in [0.5, 0.6) is 11.5 Å². The molecule has 0 aliphatic carbocycles. The van der Waals surface area contributed by atoms with Gasteiger partial charge in [-0.1, -0.05) is 18.6 Å². The maximum atomic E-state index is 12.6. The van der Waals surface area contributed by atoms with Crippen LogP contribution in [0.3, 0.4) is 0 Å². The third-order valence-electron chi connectivity index (χ3n) is 5.43. The summed E-state index contributed by atoms with van der Waals surface area (Å²) in [7, 11) is 3.30.